The summed E-state index contributed by atoms with van der Waals surface area (Å²) < 4.78 is 10.9. The molecule has 1 saturated carbocycles. The third kappa shape index (κ3) is 5.95. The summed E-state index contributed by atoms with van der Waals surface area (Å²) in [4.78, 5) is 11.9. The highest BCUT2D eigenvalue weighted by molar-refractivity contribution is 5.80. The molecule has 21 heavy (non-hydrogen) atoms. The molecule has 4 nitrogen and oxygen atoms in total. The van der Waals surface area contributed by atoms with E-state index in [4.69, 9.17) is 9.47 Å². The van der Waals surface area contributed by atoms with Crippen LogP contribution in [0.1, 0.15) is 65.7 Å². The van der Waals surface area contributed by atoms with Crippen LogP contribution in [0.25, 0.3) is 0 Å². The van der Waals surface area contributed by atoms with Crippen molar-refractivity contribution in [2.75, 3.05) is 20.3 Å². The molecule has 3 atom stereocenters. The number of esters is 1. The summed E-state index contributed by atoms with van der Waals surface area (Å²) in [6, 6.07) is 0. The molecule has 1 fully saturated rings. The maximum Gasteiger partial charge on any atom is 0.325 e. The van der Waals surface area contributed by atoms with Crippen LogP contribution in [0, 0.1) is 5.92 Å². The average molecular weight is 299 g/mol. The van der Waals surface area contributed by atoms with E-state index in [2.05, 4.69) is 12.2 Å². The molecule has 0 bridgehead atoms. The summed E-state index contributed by atoms with van der Waals surface area (Å²) in [6.07, 6.45) is 8.37. The quantitative estimate of drug-likeness (QED) is 0.524. The lowest BCUT2D eigenvalue weighted by Gasteiger charge is -2.30. The minimum Gasteiger partial charge on any atom is -0.468 e. The zero-order chi connectivity index (χ0) is 15.7. The minimum atomic E-state index is -0.592. The first kappa shape index (κ1) is 18.4. The number of likely N-dealkylation sites (N-methyl/N-ethyl adjacent to an activating group) is 1. The standard InChI is InChI=1S/C17H33NO3/c1-5-14-9-7-10-15(13-14)21-12-8-11-17(3,18-6-2)16(19)20-4/h14-15,18H,5-13H2,1-4H3. The monoisotopic (exact) mass is 299 g/mol. The molecular formula is C17H33NO3. The number of ether oxygens (including phenoxy) is 2. The Morgan fingerprint density at radius 1 is 1.33 bits per heavy atom. The molecule has 4 heteroatoms. The largest absolute Gasteiger partial charge is 0.468 e. The molecule has 0 aromatic rings. The molecule has 0 heterocycles. The first-order valence-electron chi connectivity index (χ1n) is 8.50. The summed E-state index contributed by atoms with van der Waals surface area (Å²) in [5.74, 6) is 0.652. The normalized spacial score (nSPS) is 25.3. The van der Waals surface area contributed by atoms with Gasteiger partial charge in [0.15, 0.2) is 0 Å². The molecule has 1 aliphatic carbocycles. The van der Waals surface area contributed by atoms with Crippen molar-refractivity contribution in [1.82, 2.24) is 5.32 Å². The molecule has 1 rings (SSSR count). The van der Waals surface area contributed by atoms with Crippen LogP contribution in [0.4, 0.5) is 0 Å². The Morgan fingerprint density at radius 2 is 2.10 bits per heavy atom. The van der Waals surface area contributed by atoms with Crippen LogP contribution in [-0.2, 0) is 14.3 Å². The van der Waals surface area contributed by atoms with Gasteiger partial charge in [0, 0.05) is 6.61 Å². The number of carbonyl (C=O) groups excluding carboxylic acids is 1. The molecule has 0 saturated heterocycles. The van der Waals surface area contributed by atoms with Gasteiger partial charge in [-0.3, -0.25) is 4.79 Å². The topological polar surface area (TPSA) is 47.6 Å². The van der Waals surface area contributed by atoms with Crippen molar-refractivity contribution in [3.63, 3.8) is 0 Å². The molecule has 0 amide bonds. The van der Waals surface area contributed by atoms with Gasteiger partial charge in [-0.15, -0.1) is 0 Å². The lowest BCUT2D eigenvalue weighted by atomic mass is 9.85. The van der Waals surface area contributed by atoms with Crippen molar-refractivity contribution >= 4 is 5.97 Å². The number of methoxy groups -OCH3 is 1. The Kier molecular flexibility index (Phi) is 8.27. The fourth-order valence-electron chi connectivity index (χ4n) is 3.32. The van der Waals surface area contributed by atoms with Crippen LogP contribution >= 0.6 is 0 Å². The van der Waals surface area contributed by atoms with Gasteiger partial charge in [0.25, 0.3) is 0 Å². The maximum absolute atomic E-state index is 11.9. The molecule has 1 N–H and O–H groups in total. The Bertz CT molecular complexity index is 308. The fraction of sp³-hybridized carbons (Fsp3) is 0.941. The molecule has 0 radical (unpaired) electrons. The van der Waals surface area contributed by atoms with Crippen LogP contribution < -0.4 is 5.32 Å². The second kappa shape index (κ2) is 9.42. The fourth-order valence-corrected chi connectivity index (χ4v) is 3.32. The third-order valence-electron chi connectivity index (χ3n) is 4.69. The zero-order valence-corrected chi connectivity index (χ0v) is 14.2. The van der Waals surface area contributed by atoms with E-state index in [1.807, 2.05) is 13.8 Å². The first-order chi connectivity index (χ1) is 10.1. The smallest absolute Gasteiger partial charge is 0.325 e. The van der Waals surface area contributed by atoms with Crippen LogP contribution in [-0.4, -0.2) is 37.9 Å². The van der Waals surface area contributed by atoms with Gasteiger partial charge >= 0.3 is 5.97 Å². The van der Waals surface area contributed by atoms with Crippen molar-refractivity contribution in [1.29, 1.82) is 0 Å². The summed E-state index contributed by atoms with van der Waals surface area (Å²) in [5.41, 5.74) is -0.592. The van der Waals surface area contributed by atoms with E-state index in [-0.39, 0.29) is 5.97 Å². The highest BCUT2D eigenvalue weighted by Crippen LogP contribution is 2.28. The predicted octanol–water partition coefficient (Wildman–Crippen LogP) is 3.29. The van der Waals surface area contributed by atoms with Crippen molar-refractivity contribution in [2.45, 2.75) is 77.4 Å². The van der Waals surface area contributed by atoms with Crippen LogP contribution in [0.15, 0.2) is 0 Å². The number of carbonyl (C=O) groups is 1. The highest BCUT2D eigenvalue weighted by atomic mass is 16.5. The molecule has 1 aliphatic rings. The molecule has 0 spiro atoms. The van der Waals surface area contributed by atoms with Gasteiger partial charge in [-0.25, -0.2) is 0 Å². The number of nitrogens with one attached hydrogen (secondary N) is 1. The summed E-state index contributed by atoms with van der Waals surface area (Å²) >= 11 is 0. The van der Waals surface area contributed by atoms with Gasteiger partial charge in [-0.1, -0.05) is 33.1 Å². The number of rotatable bonds is 9. The van der Waals surface area contributed by atoms with Crippen molar-refractivity contribution < 1.29 is 14.3 Å². The van der Waals surface area contributed by atoms with Crippen LogP contribution in [0.5, 0.6) is 0 Å². The molecule has 3 unspecified atom stereocenters. The van der Waals surface area contributed by atoms with E-state index >= 15 is 0 Å². The Hall–Kier alpha value is -0.610. The Morgan fingerprint density at radius 3 is 2.71 bits per heavy atom. The molecule has 0 aromatic carbocycles. The van der Waals surface area contributed by atoms with Crippen molar-refractivity contribution in [2.24, 2.45) is 5.92 Å². The Labute approximate surface area is 130 Å². The van der Waals surface area contributed by atoms with Gasteiger partial charge in [0.2, 0.25) is 0 Å². The lowest BCUT2D eigenvalue weighted by molar-refractivity contribution is -0.148. The zero-order valence-electron chi connectivity index (χ0n) is 14.2. The van der Waals surface area contributed by atoms with E-state index in [1.54, 1.807) is 0 Å². The molecule has 0 aliphatic heterocycles. The molecular weight excluding hydrogens is 266 g/mol. The SMILES string of the molecule is CCNC(C)(CCCOC1CCCC(CC)C1)C(=O)OC. The first-order valence-corrected chi connectivity index (χ1v) is 8.50. The van der Waals surface area contributed by atoms with E-state index in [0.29, 0.717) is 6.10 Å². The summed E-state index contributed by atoms with van der Waals surface area (Å²) in [5, 5.41) is 3.23. The van der Waals surface area contributed by atoms with Gasteiger partial charge < -0.3 is 14.8 Å². The van der Waals surface area contributed by atoms with E-state index < -0.39 is 5.54 Å². The van der Waals surface area contributed by atoms with Gasteiger partial charge in [0.1, 0.15) is 5.54 Å². The van der Waals surface area contributed by atoms with E-state index in [1.165, 1.54) is 39.2 Å². The Balaban J connectivity index is 2.29. The lowest BCUT2D eigenvalue weighted by Crippen LogP contribution is -2.50. The number of hydrogen-bond donors (Lipinski definition) is 1. The second-order valence-corrected chi connectivity index (χ2v) is 6.39. The molecule has 0 aromatic heterocycles. The highest BCUT2D eigenvalue weighted by Gasteiger charge is 2.32. The van der Waals surface area contributed by atoms with Gasteiger partial charge in [-0.05, 0) is 45.1 Å². The van der Waals surface area contributed by atoms with Gasteiger partial charge in [0.05, 0.1) is 13.2 Å². The summed E-state index contributed by atoms with van der Waals surface area (Å²) in [6.45, 7) is 7.68. The van der Waals surface area contributed by atoms with Crippen LogP contribution in [0.2, 0.25) is 0 Å². The maximum atomic E-state index is 11.9. The van der Waals surface area contributed by atoms with E-state index in [0.717, 1.165) is 31.9 Å². The van der Waals surface area contributed by atoms with Crippen molar-refractivity contribution in [3.05, 3.63) is 0 Å². The average Bonchev–Trinajstić information content (AvgIpc) is 2.51. The predicted molar refractivity (Wildman–Crippen MR) is 85.3 cm³/mol. The second-order valence-electron chi connectivity index (χ2n) is 6.39. The van der Waals surface area contributed by atoms with Gasteiger partial charge in [-0.2, -0.15) is 0 Å². The van der Waals surface area contributed by atoms with E-state index in [9.17, 15) is 4.79 Å². The van der Waals surface area contributed by atoms with Crippen molar-refractivity contribution in [3.8, 4) is 0 Å². The van der Waals surface area contributed by atoms with Crippen LogP contribution in [0.3, 0.4) is 0 Å². The summed E-state index contributed by atoms with van der Waals surface area (Å²) in [7, 11) is 1.45. The minimum absolute atomic E-state index is 0.187. The molecule has 124 valence electrons. The third-order valence-corrected chi connectivity index (χ3v) is 4.69. The number of hydrogen-bond acceptors (Lipinski definition) is 4.